The fourth-order valence-electron chi connectivity index (χ4n) is 2.39. The predicted octanol–water partition coefficient (Wildman–Crippen LogP) is 2.68. The lowest BCUT2D eigenvalue weighted by Crippen LogP contribution is -2.45. The Labute approximate surface area is 111 Å². The van der Waals surface area contributed by atoms with Crippen LogP contribution in [0.3, 0.4) is 0 Å². The highest BCUT2D eigenvalue weighted by molar-refractivity contribution is 5.96. The van der Waals surface area contributed by atoms with Gasteiger partial charge in [0.25, 0.3) is 5.91 Å². The van der Waals surface area contributed by atoms with Gasteiger partial charge in [-0.15, -0.1) is 0 Å². The monoisotopic (exact) mass is 259 g/mol. The highest BCUT2D eigenvalue weighted by Gasteiger charge is 2.26. The fourth-order valence-corrected chi connectivity index (χ4v) is 2.39. The molecule has 100 valence electrons. The van der Waals surface area contributed by atoms with Crippen LogP contribution in [0.2, 0.25) is 0 Å². The number of carbonyl (C=O) groups is 1. The maximum absolute atomic E-state index is 12.4. The van der Waals surface area contributed by atoms with Gasteiger partial charge in [-0.2, -0.15) is 0 Å². The van der Waals surface area contributed by atoms with Crippen molar-refractivity contribution in [1.29, 1.82) is 0 Å². The minimum absolute atomic E-state index is 0.0436. The number of para-hydroxylation sites is 1. The molecule has 1 aromatic heterocycles. The standard InChI is InChI=1S/C15H17NO3/c1-2-12-10-16(7-8-18-12)15(17)14-9-11-5-3-4-6-13(11)19-14/h3-6,9,12H,2,7-8,10H2,1H3. The molecular weight excluding hydrogens is 242 g/mol. The third kappa shape index (κ3) is 2.36. The third-order valence-electron chi connectivity index (χ3n) is 3.52. The van der Waals surface area contributed by atoms with Crippen molar-refractivity contribution in [3.8, 4) is 0 Å². The van der Waals surface area contributed by atoms with Crippen LogP contribution >= 0.6 is 0 Å². The zero-order chi connectivity index (χ0) is 13.2. The molecule has 0 spiro atoms. The lowest BCUT2D eigenvalue weighted by molar-refractivity contribution is -0.0234. The third-order valence-corrected chi connectivity index (χ3v) is 3.52. The fraction of sp³-hybridized carbons (Fsp3) is 0.400. The molecule has 1 saturated heterocycles. The summed E-state index contributed by atoms with van der Waals surface area (Å²) in [5.41, 5.74) is 0.756. The van der Waals surface area contributed by atoms with E-state index in [9.17, 15) is 4.79 Å². The maximum atomic E-state index is 12.4. The Morgan fingerprint density at radius 2 is 2.26 bits per heavy atom. The van der Waals surface area contributed by atoms with Crippen LogP contribution in [-0.4, -0.2) is 36.6 Å². The Balaban J connectivity index is 1.82. The van der Waals surface area contributed by atoms with Gasteiger partial charge >= 0.3 is 0 Å². The van der Waals surface area contributed by atoms with Crippen LogP contribution < -0.4 is 0 Å². The molecule has 2 aromatic rings. The van der Waals surface area contributed by atoms with Crippen molar-refractivity contribution < 1.29 is 13.9 Å². The van der Waals surface area contributed by atoms with Gasteiger partial charge in [-0.3, -0.25) is 4.79 Å². The zero-order valence-electron chi connectivity index (χ0n) is 11.0. The first-order chi connectivity index (χ1) is 9.28. The molecule has 1 aliphatic rings. The van der Waals surface area contributed by atoms with E-state index in [1.54, 1.807) is 0 Å². The van der Waals surface area contributed by atoms with E-state index in [2.05, 4.69) is 6.92 Å². The van der Waals surface area contributed by atoms with E-state index < -0.39 is 0 Å². The molecule has 2 heterocycles. The van der Waals surface area contributed by atoms with E-state index >= 15 is 0 Å². The number of fused-ring (bicyclic) bond motifs is 1. The Morgan fingerprint density at radius 3 is 3.05 bits per heavy atom. The van der Waals surface area contributed by atoms with E-state index in [4.69, 9.17) is 9.15 Å². The molecule has 0 radical (unpaired) electrons. The lowest BCUT2D eigenvalue weighted by Gasteiger charge is -2.31. The molecule has 1 amide bonds. The molecule has 1 aliphatic heterocycles. The van der Waals surface area contributed by atoms with Crippen LogP contribution in [0.25, 0.3) is 11.0 Å². The topological polar surface area (TPSA) is 42.7 Å². The highest BCUT2D eigenvalue weighted by Crippen LogP contribution is 2.21. The van der Waals surface area contributed by atoms with Crippen LogP contribution in [0.1, 0.15) is 23.9 Å². The van der Waals surface area contributed by atoms with Gasteiger partial charge in [-0.25, -0.2) is 0 Å². The van der Waals surface area contributed by atoms with Crippen molar-refractivity contribution in [2.45, 2.75) is 19.4 Å². The second kappa shape index (κ2) is 5.05. The van der Waals surface area contributed by atoms with Gasteiger partial charge in [0.2, 0.25) is 0 Å². The molecule has 4 nitrogen and oxygen atoms in total. The van der Waals surface area contributed by atoms with Gasteiger partial charge in [0.05, 0.1) is 12.7 Å². The molecule has 0 saturated carbocycles. The molecular formula is C15H17NO3. The number of amides is 1. The lowest BCUT2D eigenvalue weighted by atomic mass is 10.2. The van der Waals surface area contributed by atoms with Crippen molar-refractivity contribution in [2.75, 3.05) is 19.7 Å². The smallest absolute Gasteiger partial charge is 0.289 e. The number of rotatable bonds is 2. The van der Waals surface area contributed by atoms with Crippen molar-refractivity contribution in [3.63, 3.8) is 0 Å². The Hall–Kier alpha value is -1.81. The average Bonchev–Trinajstić information content (AvgIpc) is 2.90. The number of hydrogen-bond donors (Lipinski definition) is 0. The van der Waals surface area contributed by atoms with Gasteiger partial charge in [0, 0.05) is 18.5 Å². The molecule has 1 fully saturated rings. The first kappa shape index (κ1) is 12.2. The van der Waals surface area contributed by atoms with E-state index in [1.807, 2.05) is 35.2 Å². The maximum Gasteiger partial charge on any atom is 0.289 e. The van der Waals surface area contributed by atoms with Gasteiger partial charge in [-0.1, -0.05) is 25.1 Å². The van der Waals surface area contributed by atoms with Crippen molar-refractivity contribution in [3.05, 3.63) is 36.1 Å². The van der Waals surface area contributed by atoms with E-state index in [0.717, 1.165) is 17.4 Å². The Morgan fingerprint density at radius 1 is 1.42 bits per heavy atom. The Bertz CT molecular complexity index is 557. The van der Waals surface area contributed by atoms with Crippen LogP contribution in [0.5, 0.6) is 0 Å². The van der Waals surface area contributed by atoms with Crippen molar-refractivity contribution in [2.24, 2.45) is 0 Å². The van der Waals surface area contributed by atoms with Gasteiger partial charge < -0.3 is 14.1 Å². The largest absolute Gasteiger partial charge is 0.451 e. The first-order valence-corrected chi connectivity index (χ1v) is 6.67. The summed E-state index contributed by atoms with van der Waals surface area (Å²) < 4.78 is 11.2. The summed E-state index contributed by atoms with van der Waals surface area (Å²) in [6.07, 6.45) is 1.06. The molecule has 1 atom stereocenters. The first-order valence-electron chi connectivity index (χ1n) is 6.67. The summed E-state index contributed by atoms with van der Waals surface area (Å²) in [5, 5.41) is 0.964. The summed E-state index contributed by atoms with van der Waals surface area (Å²) in [7, 11) is 0. The van der Waals surface area contributed by atoms with Gasteiger partial charge in [-0.05, 0) is 18.6 Å². The summed E-state index contributed by atoms with van der Waals surface area (Å²) >= 11 is 0. The molecule has 1 aromatic carbocycles. The van der Waals surface area contributed by atoms with Crippen LogP contribution in [-0.2, 0) is 4.74 Å². The Kier molecular flexibility index (Phi) is 3.25. The van der Waals surface area contributed by atoms with E-state index in [-0.39, 0.29) is 12.0 Å². The molecule has 3 rings (SSSR count). The summed E-state index contributed by atoms with van der Waals surface area (Å²) in [4.78, 5) is 14.2. The van der Waals surface area contributed by atoms with Crippen LogP contribution in [0.4, 0.5) is 0 Å². The number of nitrogens with zero attached hydrogens (tertiary/aromatic N) is 1. The number of hydrogen-bond acceptors (Lipinski definition) is 3. The SMILES string of the molecule is CCC1CN(C(=O)c2cc3ccccc3o2)CCO1. The summed E-state index contributed by atoms with van der Waals surface area (Å²) in [6.45, 7) is 3.95. The quantitative estimate of drug-likeness (QED) is 0.832. The normalized spacial score (nSPS) is 19.8. The number of furan rings is 1. The average molecular weight is 259 g/mol. The highest BCUT2D eigenvalue weighted by atomic mass is 16.5. The van der Waals surface area contributed by atoms with Crippen molar-refractivity contribution >= 4 is 16.9 Å². The second-order valence-electron chi connectivity index (χ2n) is 4.80. The number of ether oxygens (including phenoxy) is 1. The van der Waals surface area contributed by atoms with Gasteiger partial charge in [0.1, 0.15) is 5.58 Å². The molecule has 0 bridgehead atoms. The summed E-state index contributed by atoms with van der Waals surface area (Å²) in [5.74, 6) is 0.371. The number of carbonyl (C=O) groups excluding carboxylic acids is 1. The number of benzene rings is 1. The second-order valence-corrected chi connectivity index (χ2v) is 4.80. The molecule has 1 unspecified atom stereocenters. The van der Waals surface area contributed by atoms with E-state index in [0.29, 0.717) is 25.5 Å². The number of morpholine rings is 1. The van der Waals surface area contributed by atoms with Crippen LogP contribution in [0, 0.1) is 0 Å². The van der Waals surface area contributed by atoms with Crippen LogP contribution in [0.15, 0.2) is 34.7 Å². The minimum Gasteiger partial charge on any atom is -0.451 e. The molecule has 0 aliphatic carbocycles. The predicted molar refractivity (Wildman–Crippen MR) is 72.1 cm³/mol. The molecule has 0 N–H and O–H groups in total. The van der Waals surface area contributed by atoms with E-state index in [1.165, 1.54) is 0 Å². The zero-order valence-corrected chi connectivity index (χ0v) is 11.0. The summed E-state index contributed by atoms with van der Waals surface area (Å²) in [6, 6.07) is 9.48. The van der Waals surface area contributed by atoms with Crippen molar-refractivity contribution in [1.82, 2.24) is 4.90 Å². The van der Waals surface area contributed by atoms with Gasteiger partial charge in [0.15, 0.2) is 5.76 Å². The molecule has 19 heavy (non-hydrogen) atoms. The minimum atomic E-state index is -0.0436. The molecule has 4 heteroatoms.